The zero-order valence-corrected chi connectivity index (χ0v) is 11.8. The number of pyridine rings is 1. The molecule has 4 nitrogen and oxygen atoms in total. The molecule has 0 aliphatic rings. The molecule has 0 bridgehead atoms. The number of rotatable bonds is 3. The fourth-order valence-corrected chi connectivity index (χ4v) is 2.53. The van der Waals surface area contributed by atoms with Crippen molar-refractivity contribution in [2.45, 2.75) is 26.8 Å². The summed E-state index contributed by atoms with van der Waals surface area (Å²) in [7, 11) is 0. The van der Waals surface area contributed by atoms with Gasteiger partial charge in [-0.3, -0.25) is 4.79 Å². The van der Waals surface area contributed by atoms with Crippen molar-refractivity contribution >= 4 is 5.97 Å². The Labute approximate surface area is 117 Å². The summed E-state index contributed by atoms with van der Waals surface area (Å²) in [6.07, 6.45) is 0. The number of aromatic nitrogens is 1. The first-order valence-electron chi connectivity index (χ1n) is 6.44. The van der Waals surface area contributed by atoms with Gasteiger partial charge in [0.2, 0.25) is 0 Å². The lowest BCUT2D eigenvalue weighted by Crippen LogP contribution is -2.31. The van der Waals surface area contributed by atoms with E-state index in [4.69, 9.17) is 0 Å². The molecule has 0 aliphatic heterocycles. The number of hydrogen-bond acceptors (Lipinski definition) is 2. The Balaban J connectivity index is 2.66. The Bertz CT molecular complexity index is 702. The average molecular weight is 271 g/mol. The normalized spacial score (nSPS) is 12.2. The van der Waals surface area contributed by atoms with Crippen LogP contribution in [0.3, 0.4) is 0 Å². The van der Waals surface area contributed by atoms with E-state index in [1.807, 2.05) is 44.2 Å². The van der Waals surface area contributed by atoms with Crippen molar-refractivity contribution in [1.29, 1.82) is 0 Å². The van der Waals surface area contributed by atoms with Gasteiger partial charge >= 0.3 is 5.97 Å². The zero-order chi connectivity index (χ0) is 14.9. The smallest absolute Gasteiger partial charge is 0.341 e. The predicted octanol–water partition coefficient (Wildman–Crippen LogP) is 2.77. The van der Waals surface area contributed by atoms with Gasteiger partial charge in [-0.15, -0.1) is 0 Å². The van der Waals surface area contributed by atoms with Gasteiger partial charge in [-0.25, -0.2) is 4.79 Å². The minimum absolute atomic E-state index is 0.154. The highest BCUT2D eigenvalue weighted by Crippen LogP contribution is 2.19. The summed E-state index contributed by atoms with van der Waals surface area (Å²) in [6.45, 7) is 5.36. The molecule has 1 unspecified atom stereocenters. The Hall–Kier alpha value is -2.36. The summed E-state index contributed by atoms with van der Waals surface area (Å²) in [4.78, 5) is 23.7. The topological polar surface area (TPSA) is 59.3 Å². The number of carboxylic acid groups (broad SMARTS) is 1. The van der Waals surface area contributed by atoms with E-state index in [0.717, 1.165) is 11.3 Å². The first-order chi connectivity index (χ1) is 9.43. The first kappa shape index (κ1) is 14.1. The lowest BCUT2D eigenvalue weighted by Gasteiger charge is -2.20. The van der Waals surface area contributed by atoms with Crippen LogP contribution in [-0.2, 0) is 0 Å². The third-order valence-electron chi connectivity index (χ3n) is 3.52. The maximum Gasteiger partial charge on any atom is 0.341 e. The number of carboxylic acids is 1. The number of hydrogen-bond donors (Lipinski definition) is 1. The molecule has 1 N–H and O–H groups in total. The maximum atomic E-state index is 12.4. The van der Waals surface area contributed by atoms with Gasteiger partial charge in [0.25, 0.3) is 5.56 Å². The van der Waals surface area contributed by atoms with E-state index in [1.54, 1.807) is 13.0 Å². The molecule has 0 spiro atoms. The van der Waals surface area contributed by atoms with Crippen molar-refractivity contribution in [2.75, 3.05) is 0 Å². The van der Waals surface area contributed by atoms with Crippen LogP contribution in [-0.4, -0.2) is 15.6 Å². The molecule has 1 heterocycles. The van der Waals surface area contributed by atoms with E-state index < -0.39 is 11.5 Å². The number of aromatic carboxylic acids is 1. The van der Waals surface area contributed by atoms with Crippen LogP contribution < -0.4 is 5.56 Å². The SMILES string of the molecule is Cc1cc(C)n(C(C)c2ccccc2)c(=O)c1C(=O)O. The van der Waals surface area contributed by atoms with Crippen LogP contribution in [0.25, 0.3) is 0 Å². The van der Waals surface area contributed by atoms with Gasteiger partial charge in [-0.2, -0.15) is 0 Å². The van der Waals surface area contributed by atoms with Crippen LogP contribution >= 0.6 is 0 Å². The third kappa shape index (κ3) is 2.37. The molecular weight excluding hydrogens is 254 g/mol. The van der Waals surface area contributed by atoms with E-state index in [2.05, 4.69) is 0 Å². The second-order valence-electron chi connectivity index (χ2n) is 4.91. The van der Waals surface area contributed by atoms with Crippen molar-refractivity contribution in [1.82, 2.24) is 4.57 Å². The Morgan fingerprint density at radius 1 is 1.20 bits per heavy atom. The summed E-state index contributed by atoms with van der Waals surface area (Å²) in [5, 5.41) is 9.20. The summed E-state index contributed by atoms with van der Waals surface area (Å²) < 4.78 is 1.53. The fourth-order valence-electron chi connectivity index (χ4n) is 2.53. The first-order valence-corrected chi connectivity index (χ1v) is 6.44. The van der Waals surface area contributed by atoms with Crippen molar-refractivity contribution < 1.29 is 9.90 Å². The van der Waals surface area contributed by atoms with E-state index >= 15 is 0 Å². The Morgan fingerprint density at radius 2 is 1.80 bits per heavy atom. The summed E-state index contributed by atoms with van der Waals surface area (Å²) in [5.41, 5.74) is 1.62. The molecule has 0 amide bonds. The highest BCUT2D eigenvalue weighted by Gasteiger charge is 2.19. The minimum Gasteiger partial charge on any atom is -0.477 e. The number of nitrogens with zero attached hydrogens (tertiary/aromatic N) is 1. The van der Waals surface area contributed by atoms with E-state index in [1.165, 1.54) is 4.57 Å². The van der Waals surface area contributed by atoms with Crippen molar-refractivity contribution in [3.8, 4) is 0 Å². The maximum absolute atomic E-state index is 12.4. The molecule has 1 atom stereocenters. The van der Waals surface area contributed by atoms with Gasteiger partial charge in [0.15, 0.2) is 0 Å². The quantitative estimate of drug-likeness (QED) is 0.933. The monoisotopic (exact) mass is 271 g/mol. The molecule has 0 aliphatic carbocycles. The van der Waals surface area contributed by atoms with Gasteiger partial charge in [-0.1, -0.05) is 30.3 Å². The Kier molecular flexibility index (Phi) is 3.74. The fraction of sp³-hybridized carbons (Fsp3) is 0.250. The standard InChI is InChI=1S/C16H17NO3/c1-10-9-11(2)17(15(18)14(10)16(19)20)12(3)13-7-5-4-6-8-13/h4-9,12H,1-3H3,(H,19,20). The lowest BCUT2D eigenvalue weighted by atomic mass is 10.1. The van der Waals surface area contributed by atoms with Gasteiger partial charge in [0.1, 0.15) is 5.56 Å². The van der Waals surface area contributed by atoms with Crippen LogP contribution in [0.2, 0.25) is 0 Å². The molecule has 2 rings (SSSR count). The van der Waals surface area contributed by atoms with Crippen LogP contribution in [0.15, 0.2) is 41.2 Å². The molecule has 4 heteroatoms. The molecule has 2 aromatic rings. The highest BCUT2D eigenvalue weighted by atomic mass is 16.4. The van der Waals surface area contributed by atoms with Crippen molar-refractivity contribution in [2.24, 2.45) is 0 Å². The molecule has 0 saturated heterocycles. The number of benzene rings is 1. The molecular formula is C16H17NO3. The van der Waals surface area contributed by atoms with E-state index in [0.29, 0.717) is 5.56 Å². The number of aryl methyl sites for hydroxylation is 2. The van der Waals surface area contributed by atoms with E-state index in [-0.39, 0.29) is 11.6 Å². The predicted molar refractivity (Wildman–Crippen MR) is 77.4 cm³/mol. The number of carbonyl (C=O) groups is 1. The van der Waals surface area contributed by atoms with Crippen LogP contribution in [0.5, 0.6) is 0 Å². The molecule has 1 aromatic carbocycles. The van der Waals surface area contributed by atoms with Crippen molar-refractivity contribution in [3.05, 3.63) is 69.1 Å². The van der Waals surface area contributed by atoms with Crippen LogP contribution in [0.1, 0.15) is 40.1 Å². The average Bonchev–Trinajstić information content (AvgIpc) is 2.38. The summed E-state index contributed by atoms with van der Waals surface area (Å²) in [6, 6.07) is 11.1. The van der Waals surface area contributed by atoms with Gasteiger partial charge in [-0.05, 0) is 38.0 Å². The second-order valence-corrected chi connectivity index (χ2v) is 4.91. The third-order valence-corrected chi connectivity index (χ3v) is 3.52. The van der Waals surface area contributed by atoms with Crippen LogP contribution in [0.4, 0.5) is 0 Å². The molecule has 0 saturated carbocycles. The largest absolute Gasteiger partial charge is 0.477 e. The molecule has 0 fully saturated rings. The van der Waals surface area contributed by atoms with Crippen molar-refractivity contribution in [3.63, 3.8) is 0 Å². The summed E-state index contributed by atoms with van der Waals surface area (Å²) in [5.74, 6) is -1.18. The summed E-state index contributed by atoms with van der Waals surface area (Å²) >= 11 is 0. The van der Waals surface area contributed by atoms with Gasteiger partial charge < -0.3 is 9.67 Å². The lowest BCUT2D eigenvalue weighted by molar-refractivity contribution is 0.0693. The minimum atomic E-state index is -1.18. The van der Waals surface area contributed by atoms with E-state index in [9.17, 15) is 14.7 Å². The molecule has 104 valence electrons. The van der Waals surface area contributed by atoms with Gasteiger partial charge in [0, 0.05) is 5.69 Å². The second kappa shape index (κ2) is 5.33. The highest BCUT2D eigenvalue weighted by molar-refractivity contribution is 5.88. The molecule has 0 radical (unpaired) electrons. The molecule has 20 heavy (non-hydrogen) atoms. The van der Waals surface area contributed by atoms with Gasteiger partial charge in [0.05, 0.1) is 6.04 Å². The van der Waals surface area contributed by atoms with Crippen LogP contribution in [0, 0.1) is 13.8 Å². The Morgan fingerprint density at radius 3 is 2.35 bits per heavy atom. The molecule has 1 aromatic heterocycles. The zero-order valence-electron chi connectivity index (χ0n) is 11.8.